The summed E-state index contributed by atoms with van der Waals surface area (Å²) in [6.45, 7) is 2.12. The number of nitrogens with zero attached hydrogens (tertiary/aromatic N) is 1. The van der Waals surface area contributed by atoms with Gasteiger partial charge in [0.2, 0.25) is 0 Å². The molecule has 0 fully saturated rings. The summed E-state index contributed by atoms with van der Waals surface area (Å²) >= 11 is 0. The maximum Gasteiger partial charge on any atom is 0.0923 e. The van der Waals surface area contributed by atoms with Gasteiger partial charge in [-0.2, -0.15) is 5.10 Å². The van der Waals surface area contributed by atoms with E-state index in [9.17, 15) is 0 Å². The summed E-state index contributed by atoms with van der Waals surface area (Å²) in [6, 6.07) is 8.16. The average Bonchev–Trinajstić information content (AvgIpc) is 2.47. The van der Waals surface area contributed by atoms with Crippen LogP contribution < -0.4 is 0 Å². The lowest BCUT2D eigenvalue weighted by molar-refractivity contribution is 0.988. The highest BCUT2D eigenvalue weighted by atomic mass is 15.1. The van der Waals surface area contributed by atoms with Crippen molar-refractivity contribution in [1.29, 1.82) is 0 Å². The van der Waals surface area contributed by atoms with Crippen molar-refractivity contribution in [3.05, 3.63) is 30.0 Å². The normalized spacial score (nSPS) is 10.6. The Morgan fingerprint density at radius 3 is 3.09 bits per heavy atom. The molecule has 2 heteroatoms. The van der Waals surface area contributed by atoms with Gasteiger partial charge in [0.15, 0.2) is 0 Å². The first-order valence-electron chi connectivity index (χ1n) is 3.84. The van der Waals surface area contributed by atoms with Crippen molar-refractivity contribution >= 4 is 10.9 Å². The zero-order chi connectivity index (χ0) is 7.68. The molecule has 0 saturated carbocycles. The fourth-order valence-electron chi connectivity index (χ4n) is 1.28. The lowest BCUT2D eigenvalue weighted by Crippen LogP contribution is -1.78. The second-order valence-electron chi connectivity index (χ2n) is 2.57. The molecule has 0 atom stereocenters. The largest absolute Gasteiger partial charge is 0.281 e. The van der Waals surface area contributed by atoms with Crippen molar-refractivity contribution < 1.29 is 1.43 Å². The summed E-state index contributed by atoms with van der Waals surface area (Å²) < 4.78 is 0. The summed E-state index contributed by atoms with van der Waals surface area (Å²) in [5.41, 5.74) is 2.28. The Morgan fingerprint density at radius 1 is 1.45 bits per heavy atom. The molecule has 0 radical (unpaired) electrons. The SMILES string of the molecule is CCc1[nH]nc2ccccc12.[HH]. The first-order valence-corrected chi connectivity index (χ1v) is 3.84. The monoisotopic (exact) mass is 148 g/mol. The first kappa shape index (κ1) is 6.40. The Bertz CT molecular complexity index is 367. The minimum absolute atomic E-state index is 0. The van der Waals surface area contributed by atoms with Crippen LogP contribution in [0.3, 0.4) is 0 Å². The van der Waals surface area contributed by atoms with Gasteiger partial charge in [-0.05, 0) is 12.5 Å². The Kier molecular flexibility index (Phi) is 1.39. The highest BCUT2D eigenvalue weighted by Crippen LogP contribution is 2.14. The topological polar surface area (TPSA) is 28.7 Å². The lowest BCUT2D eigenvalue weighted by Gasteiger charge is -1.88. The number of H-pyrrole nitrogens is 1. The molecule has 1 heterocycles. The molecule has 2 aromatic rings. The van der Waals surface area contributed by atoms with Crippen molar-refractivity contribution in [2.24, 2.45) is 0 Å². The van der Waals surface area contributed by atoms with Gasteiger partial charge in [0.1, 0.15) is 0 Å². The van der Waals surface area contributed by atoms with Gasteiger partial charge in [-0.25, -0.2) is 0 Å². The summed E-state index contributed by atoms with van der Waals surface area (Å²) in [6.07, 6.45) is 1.01. The number of hydrogen-bond donors (Lipinski definition) is 1. The molecule has 2 nitrogen and oxygen atoms in total. The van der Waals surface area contributed by atoms with Gasteiger partial charge in [0.05, 0.1) is 5.52 Å². The molecule has 0 bridgehead atoms. The van der Waals surface area contributed by atoms with Gasteiger partial charge in [0.25, 0.3) is 0 Å². The first-order chi connectivity index (χ1) is 5.42. The van der Waals surface area contributed by atoms with E-state index in [-0.39, 0.29) is 1.43 Å². The van der Waals surface area contributed by atoms with E-state index >= 15 is 0 Å². The van der Waals surface area contributed by atoms with E-state index in [4.69, 9.17) is 0 Å². The van der Waals surface area contributed by atoms with Crippen LogP contribution in [0.25, 0.3) is 10.9 Å². The molecule has 58 valence electrons. The summed E-state index contributed by atoms with van der Waals surface area (Å²) in [7, 11) is 0. The third-order valence-electron chi connectivity index (χ3n) is 1.89. The Labute approximate surface area is 66.7 Å². The van der Waals surface area contributed by atoms with Crippen molar-refractivity contribution in [2.45, 2.75) is 13.3 Å². The summed E-state index contributed by atoms with van der Waals surface area (Å²) in [5.74, 6) is 0. The number of aryl methyl sites for hydroxylation is 1. The van der Waals surface area contributed by atoms with Crippen LogP contribution in [0.5, 0.6) is 0 Å². The van der Waals surface area contributed by atoms with E-state index in [0.29, 0.717) is 0 Å². The second-order valence-corrected chi connectivity index (χ2v) is 2.57. The molecular formula is C9H12N2. The molecule has 1 aromatic carbocycles. The molecule has 0 unspecified atom stereocenters. The molecule has 0 aliphatic heterocycles. The maximum atomic E-state index is 4.16. The van der Waals surface area contributed by atoms with Crippen LogP contribution in [0.1, 0.15) is 14.0 Å². The molecule has 0 aliphatic rings. The van der Waals surface area contributed by atoms with Gasteiger partial charge >= 0.3 is 0 Å². The van der Waals surface area contributed by atoms with E-state index in [2.05, 4.69) is 23.2 Å². The number of para-hydroxylation sites is 1. The molecule has 0 amide bonds. The number of nitrogens with one attached hydrogen (secondary N) is 1. The van der Waals surface area contributed by atoms with Crippen LogP contribution in [0.15, 0.2) is 24.3 Å². The van der Waals surface area contributed by atoms with E-state index in [0.717, 1.165) is 11.9 Å². The summed E-state index contributed by atoms with van der Waals surface area (Å²) in [4.78, 5) is 0. The number of benzene rings is 1. The van der Waals surface area contributed by atoms with Crippen molar-refractivity contribution in [3.8, 4) is 0 Å². The molecule has 2 rings (SSSR count). The van der Waals surface area contributed by atoms with Crippen LogP contribution in [0.4, 0.5) is 0 Å². The van der Waals surface area contributed by atoms with E-state index in [1.807, 2.05) is 18.2 Å². The number of hydrogen-bond acceptors (Lipinski definition) is 1. The van der Waals surface area contributed by atoms with Gasteiger partial charge in [0, 0.05) is 12.5 Å². The molecular weight excluding hydrogens is 136 g/mol. The number of aromatic nitrogens is 2. The highest BCUT2D eigenvalue weighted by molar-refractivity contribution is 5.80. The van der Waals surface area contributed by atoms with Crippen LogP contribution in [0.2, 0.25) is 0 Å². The molecule has 1 aromatic heterocycles. The van der Waals surface area contributed by atoms with E-state index in [1.165, 1.54) is 11.1 Å². The van der Waals surface area contributed by atoms with Crippen LogP contribution in [-0.4, -0.2) is 10.2 Å². The molecule has 1 N–H and O–H groups in total. The van der Waals surface area contributed by atoms with Crippen molar-refractivity contribution in [1.82, 2.24) is 10.2 Å². The Morgan fingerprint density at radius 2 is 2.27 bits per heavy atom. The molecule has 11 heavy (non-hydrogen) atoms. The van der Waals surface area contributed by atoms with Crippen LogP contribution >= 0.6 is 0 Å². The number of rotatable bonds is 1. The van der Waals surface area contributed by atoms with Gasteiger partial charge in [-0.3, -0.25) is 5.10 Å². The Hall–Kier alpha value is -1.31. The second kappa shape index (κ2) is 2.38. The minimum atomic E-state index is 0. The van der Waals surface area contributed by atoms with E-state index < -0.39 is 0 Å². The third kappa shape index (κ3) is 0.909. The van der Waals surface area contributed by atoms with Gasteiger partial charge in [-0.15, -0.1) is 0 Å². The standard InChI is InChI=1S/C9H10N2.H2/c1-2-8-7-5-3-4-6-9(7)11-10-8;/h3-6H,2H2,1H3,(H,10,11);1H. The molecule has 0 spiro atoms. The number of fused-ring (bicyclic) bond motifs is 1. The maximum absolute atomic E-state index is 4.16. The smallest absolute Gasteiger partial charge is 0.0923 e. The Balaban J connectivity index is 0.000000720. The molecule has 0 aliphatic carbocycles. The predicted molar refractivity (Wildman–Crippen MR) is 47.6 cm³/mol. The minimum Gasteiger partial charge on any atom is -0.281 e. The quantitative estimate of drug-likeness (QED) is 0.660. The predicted octanol–water partition coefficient (Wildman–Crippen LogP) is 2.37. The number of aromatic amines is 1. The van der Waals surface area contributed by atoms with Crippen molar-refractivity contribution in [2.75, 3.05) is 0 Å². The summed E-state index contributed by atoms with van der Waals surface area (Å²) in [5, 5.41) is 8.42. The fourth-order valence-corrected chi connectivity index (χ4v) is 1.28. The average molecular weight is 148 g/mol. The highest BCUT2D eigenvalue weighted by Gasteiger charge is 1.99. The van der Waals surface area contributed by atoms with Gasteiger partial charge in [-0.1, -0.05) is 25.1 Å². The van der Waals surface area contributed by atoms with Crippen LogP contribution in [-0.2, 0) is 6.42 Å². The van der Waals surface area contributed by atoms with Crippen molar-refractivity contribution in [3.63, 3.8) is 0 Å². The third-order valence-corrected chi connectivity index (χ3v) is 1.89. The van der Waals surface area contributed by atoms with Gasteiger partial charge < -0.3 is 0 Å². The molecule has 0 saturated heterocycles. The zero-order valence-corrected chi connectivity index (χ0v) is 6.46. The fraction of sp³-hybridized carbons (Fsp3) is 0.222. The lowest BCUT2D eigenvalue weighted by atomic mass is 10.2. The zero-order valence-electron chi connectivity index (χ0n) is 6.46. The van der Waals surface area contributed by atoms with Crippen LogP contribution in [0, 0.1) is 0 Å². The van der Waals surface area contributed by atoms with E-state index in [1.54, 1.807) is 0 Å².